The van der Waals surface area contributed by atoms with Gasteiger partial charge in [0.15, 0.2) is 0 Å². The van der Waals surface area contributed by atoms with Crippen LogP contribution in [-0.2, 0) is 9.53 Å². The van der Waals surface area contributed by atoms with Crippen LogP contribution in [0.1, 0.15) is 10.4 Å². The number of methoxy groups -OCH3 is 1. The average molecular weight is 446 g/mol. The van der Waals surface area contributed by atoms with E-state index < -0.39 is 3.92 Å². The molecule has 1 N–H and O–H groups in total. The number of rotatable bonds is 4. The minimum atomic E-state index is -0.425. The maximum absolute atomic E-state index is 11.8. The Bertz CT molecular complexity index is 470. The van der Waals surface area contributed by atoms with Crippen molar-refractivity contribution in [1.29, 1.82) is 0 Å². The van der Waals surface area contributed by atoms with Crippen LogP contribution in [0.5, 0.6) is 0 Å². The fourth-order valence-corrected chi connectivity index (χ4v) is 2.40. The van der Waals surface area contributed by atoms with E-state index in [2.05, 4.69) is 26.0 Å². The Labute approximate surface area is 132 Å². The fourth-order valence-electron chi connectivity index (χ4n) is 1.16. The highest BCUT2D eigenvalue weighted by Gasteiger charge is 2.17. The number of esters is 1. The number of carbonyl (C=O) groups is 2. The summed E-state index contributed by atoms with van der Waals surface area (Å²) in [5.41, 5.74) is 0.369. The summed E-state index contributed by atoms with van der Waals surface area (Å²) in [6.45, 7) is 0.193. The molecule has 0 saturated heterocycles. The van der Waals surface area contributed by atoms with Crippen molar-refractivity contribution >= 4 is 62.0 Å². The predicted molar refractivity (Wildman–Crippen MR) is 81.3 cm³/mol. The topological polar surface area (TPSA) is 55.4 Å². The summed E-state index contributed by atoms with van der Waals surface area (Å²) < 4.78 is 4.93. The van der Waals surface area contributed by atoms with Crippen molar-refractivity contribution in [2.24, 2.45) is 0 Å². The molecule has 0 radical (unpaired) electrons. The zero-order valence-corrected chi connectivity index (χ0v) is 13.9. The number of nitrogens with one attached hydrogen (secondary N) is 1. The van der Waals surface area contributed by atoms with Gasteiger partial charge in [-0.25, -0.2) is 0 Å². The number of ether oxygens (including phenoxy) is 1. The minimum Gasteiger partial charge on any atom is -0.468 e. The molecule has 18 heavy (non-hydrogen) atoms. The van der Waals surface area contributed by atoms with E-state index in [1.807, 2.05) is 22.6 Å². The van der Waals surface area contributed by atoms with E-state index in [4.69, 9.17) is 11.6 Å². The number of amides is 1. The Morgan fingerprint density at radius 1 is 1.56 bits per heavy atom. The Hall–Kier alpha value is -0.340. The van der Waals surface area contributed by atoms with Gasteiger partial charge in [-0.3, -0.25) is 9.59 Å². The van der Waals surface area contributed by atoms with Gasteiger partial charge >= 0.3 is 5.97 Å². The lowest BCUT2D eigenvalue weighted by molar-refractivity contribution is -0.139. The maximum atomic E-state index is 11.8. The highest BCUT2D eigenvalue weighted by molar-refractivity contribution is 14.1. The molecule has 0 aliphatic heterocycles. The van der Waals surface area contributed by atoms with E-state index in [9.17, 15) is 9.59 Å². The summed E-state index contributed by atoms with van der Waals surface area (Å²) in [5.74, 6) is -0.698. The SMILES string of the molecule is COC(=O)C(I)CNC(=O)c1ccc(Br)cc1Cl. The Morgan fingerprint density at radius 3 is 2.78 bits per heavy atom. The van der Waals surface area contributed by atoms with Crippen LogP contribution in [0.3, 0.4) is 0 Å². The Kier molecular flexibility index (Phi) is 6.37. The molecule has 1 rings (SSSR count). The molecule has 1 atom stereocenters. The van der Waals surface area contributed by atoms with Gasteiger partial charge in [0, 0.05) is 11.0 Å². The molecule has 0 saturated carbocycles. The van der Waals surface area contributed by atoms with Crippen molar-refractivity contribution < 1.29 is 14.3 Å². The second-order valence-corrected chi connectivity index (χ2v) is 6.15. The summed E-state index contributed by atoms with van der Waals surface area (Å²) in [5, 5.41) is 2.98. The lowest BCUT2D eigenvalue weighted by Crippen LogP contribution is -2.33. The molecule has 0 aromatic heterocycles. The maximum Gasteiger partial charge on any atom is 0.320 e. The molecular weight excluding hydrogens is 436 g/mol. The van der Waals surface area contributed by atoms with Gasteiger partial charge < -0.3 is 10.1 Å². The standard InChI is InChI=1S/C11H10BrClINO3/c1-18-11(17)9(14)5-15-10(16)7-3-2-6(12)4-8(7)13/h2-4,9H,5H2,1H3,(H,15,16). The number of hydrogen-bond acceptors (Lipinski definition) is 3. The fraction of sp³-hybridized carbons (Fsp3) is 0.273. The van der Waals surface area contributed by atoms with E-state index in [0.29, 0.717) is 10.6 Å². The molecule has 98 valence electrons. The Balaban J connectivity index is 2.63. The number of hydrogen-bond donors (Lipinski definition) is 1. The van der Waals surface area contributed by atoms with Crippen LogP contribution in [0.2, 0.25) is 5.02 Å². The molecule has 1 amide bonds. The molecule has 7 heteroatoms. The van der Waals surface area contributed by atoms with Crippen LogP contribution in [-0.4, -0.2) is 29.5 Å². The Morgan fingerprint density at radius 2 is 2.22 bits per heavy atom. The van der Waals surface area contributed by atoms with Gasteiger partial charge in [-0.2, -0.15) is 0 Å². The largest absolute Gasteiger partial charge is 0.468 e. The molecule has 1 aromatic rings. The van der Waals surface area contributed by atoms with Crippen molar-refractivity contribution in [1.82, 2.24) is 5.32 Å². The van der Waals surface area contributed by atoms with E-state index in [1.165, 1.54) is 7.11 Å². The average Bonchev–Trinajstić information content (AvgIpc) is 2.34. The zero-order chi connectivity index (χ0) is 13.7. The zero-order valence-electron chi connectivity index (χ0n) is 9.38. The normalized spacial score (nSPS) is 11.8. The summed E-state index contributed by atoms with van der Waals surface area (Å²) in [6, 6.07) is 4.98. The quantitative estimate of drug-likeness (QED) is 0.440. The number of halogens is 3. The van der Waals surface area contributed by atoms with E-state index >= 15 is 0 Å². The number of benzene rings is 1. The number of carbonyl (C=O) groups excluding carboxylic acids is 2. The number of alkyl halides is 1. The van der Waals surface area contributed by atoms with Crippen molar-refractivity contribution in [3.05, 3.63) is 33.3 Å². The van der Waals surface area contributed by atoms with Gasteiger partial charge in [0.2, 0.25) is 0 Å². The highest BCUT2D eigenvalue weighted by atomic mass is 127. The van der Waals surface area contributed by atoms with Crippen LogP contribution in [0, 0.1) is 0 Å². The van der Waals surface area contributed by atoms with E-state index in [-0.39, 0.29) is 18.4 Å². The molecule has 4 nitrogen and oxygen atoms in total. The van der Waals surface area contributed by atoms with E-state index in [0.717, 1.165) is 4.47 Å². The van der Waals surface area contributed by atoms with E-state index in [1.54, 1.807) is 18.2 Å². The third kappa shape index (κ3) is 4.40. The second-order valence-electron chi connectivity index (χ2n) is 3.32. The first kappa shape index (κ1) is 15.7. The van der Waals surface area contributed by atoms with Crippen LogP contribution >= 0.6 is 50.1 Å². The van der Waals surface area contributed by atoms with Crippen molar-refractivity contribution in [3.8, 4) is 0 Å². The molecule has 0 heterocycles. The van der Waals surface area contributed by atoms with Gasteiger partial charge in [-0.1, -0.05) is 50.1 Å². The van der Waals surface area contributed by atoms with Crippen molar-refractivity contribution in [3.63, 3.8) is 0 Å². The van der Waals surface area contributed by atoms with Crippen LogP contribution in [0.25, 0.3) is 0 Å². The molecule has 0 bridgehead atoms. The van der Waals surface area contributed by atoms with Crippen LogP contribution in [0.4, 0.5) is 0 Å². The third-order valence-corrected chi connectivity index (χ3v) is 3.83. The van der Waals surface area contributed by atoms with Gasteiger partial charge in [-0.05, 0) is 18.2 Å². The van der Waals surface area contributed by atoms with Crippen LogP contribution < -0.4 is 5.32 Å². The van der Waals surface area contributed by atoms with Crippen molar-refractivity contribution in [2.75, 3.05) is 13.7 Å². The molecule has 1 aromatic carbocycles. The molecule has 0 spiro atoms. The van der Waals surface area contributed by atoms with Crippen molar-refractivity contribution in [2.45, 2.75) is 3.92 Å². The molecule has 0 aliphatic carbocycles. The summed E-state index contributed by atoms with van der Waals surface area (Å²) in [7, 11) is 1.31. The second kappa shape index (κ2) is 7.30. The first-order chi connectivity index (χ1) is 8.45. The summed E-state index contributed by atoms with van der Waals surface area (Å²) in [6.07, 6.45) is 0. The van der Waals surface area contributed by atoms with Crippen LogP contribution in [0.15, 0.2) is 22.7 Å². The van der Waals surface area contributed by atoms with Gasteiger partial charge in [0.1, 0.15) is 3.92 Å². The monoisotopic (exact) mass is 445 g/mol. The predicted octanol–water partition coefficient (Wildman–Crippen LogP) is 2.81. The third-order valence-electron chi connectivity index (χ3n) is 2.07. The lowest BCUT2D eigenvalue weighted by atomic mass is 10.2. The van der Waals surface area contributed by atoms with Gasteiger partial charge in [0.25, 0.3) is 5.91 Å². The van der Waals surface area contributed by atoms with Gasteiger partial charge in [-0.15, -0.1) is 0 Å². The molecule has 0 fully saturated rings. The lowest BCUT2D eigenvalue weighted by Gasteiger charge is -2.10. The summed E-state index contributed by atoms with van der Waals surface area (Å²) >= 11 is 11.1. The van der Waals surface area contributed by atoms with Gasteiger partial charge in [0.05, 0.1) is 17.7 Å². The first-order valence-electron chi connectivity index (χ1n) is 4.91. The molecular formula is C11H10BrClINO3. The molecule has 1 unspecified atom stereocenters. The smallest absolute Gasteiger partial charge is 0.320 e. The summed E-state index contributed by atoms with van der Waals surface area (Å²) in [4.78, 5) is 23.0. The first-order valence-corrected chi connectivity index (χ1v) is 7.32. The highest BCUT2D eigenvalue weighted by Crippen LogP contribution is 2.21. The molecule has 0 aliphatic rings. The minimum absolute atomic E-state index is 0.193.